The summed E-state index contributed by atoms with van der Waals surface area (Å²) in [6.07, 6.45) is -8.49. The number of allylic oxidation sites excluding steroid dienone is 3. The van der Waals surface area contributed by atoms with Crippen molar-refractivity contribution in [1.29, 1.82) is 0 Å². The van der Waals surface area contributed by atoms with E-state index in [4.69, 9.17) is 61.9 Å². The summed E-state index contributed by atoms with van der Waals surface area (Å²) in [6.45, 7) is 13.6. The number of cyclic esters (lactones) is 1. The number of carbonyl (C=O) groups excluding carboxylic acids is 3. The predicted molar refractivity (Wildman–Crippen MR) is 245 cm³/mol. The monoisotopic (exact) mass is 1010 g/mol. The number of aliphatic hydroxyl groups is 5. The molecule has 400 valence electrons. The molecule has 0 aromatic carbocycles. The van der Waals surface area contributed by atoms with Crippen LogP contribution in [0.25, 0.3) is 0 Å². The number of rotatable bonds is 13. The van der Waals surface area contributed by atoms with Crippen molar-refractivity contribution in [3.8, 4) is 0 Å². The van der Waals surface area contributed by atoms with Crippen LogP contribution in [0.2, 0.25) is 0 Å². The van der Waals surface area contributed by atoms with Gasteiger partial charge in [0.15, 0.2) is 24.7 Å². The second kappa shape index (κ2) is 27.2. The molecule has 4 heterocycles. The molecule has 69 heavy (non-hydrogen) atoms. The van der Waals surface area contributed by atoms with Gasteiger partial charge in [0.2, 0.25) is 0 Å². The molecule has 0 bridgehead atoms. The second-order valence-electron chi connectivity index (χ2n) is 19.3. The first kappa shape index (κ1) is 61.1. The summed E-state index contributed by atoms with van der Waals surface area (Å²) in [5.74, 6) is -3.59. The topological polar surface area (TPSA) is 316 Å². The third-order valence-electron chi connectivity index (χ3n) is 13.4. The van der Waals surface area contributed by atoms with Gasteiger partial charge in [0.25, 0.3) is 0 Å². The molecule has 3 saturated heterocycles. The van der Waals surface area contributed by atoms with Crippen LogP contribution in [0.5, 0.6) is 0 Å². The highest BCUT2D eigenvalue weighted by Crippen LogP contribution is 2.38. The third-order valence-corrected chi connectivity index (χ3v) is 13.4. The molecule has 0 amide bonds. The first-order chi connectivity index (χ1) is 32.1. The first-order valence-electron chi connectivity index (χ1n) is 23.5. The Morgan fingerprint density at radius 1 is 0.855 bits per heavy atom. The highest BCUT2D eigenvalue weighted by Gasteiger charge is 2.52. The van der Waals surface area contributed by atoms with Gasteiger partial charge in [-0.3, -0.25) is 9.59 Å². The van der Waals surface area contributed by atoms with Crippen LogP contribution < -0.4 is 0 Å². The van der Waals surface area contributed by atoms with Gasteiger partial charge >= 0.3 is 13.8 Å². The van der Waals surface area contributed by atoms with E-state index >= 15 is 0 Å². The van der Waals surface area contributed by atoms with E-state index in [9.17, 15) is 39.9 Å². The molecule has 3 fully saturated rings. The lowest BCUT2D eigenvalue weighted by atomic mass is 9.79. The molecular formula is C46H80NO21P. The van der Waals surface area contributed by atoms with Crippen molar-refractivity contribution in [1.82, 2.24) is 4.90 Å². The minimum Gasteiger partial charge on any atom is -0.462 e. The Hall–Kier alpha value is -2.16. The average Bonchev–Trinajstić information content (AvgIpc) is 3.25. The standard InChI is InChI=1S/C46H77NO17.H3O4P/c1-13-33-30(22-58-45-42(57-12)41(56-11)37(52)26(5)60-45)18-23(2)14-15-31(49)24(3)19-29(16-17-48)39(25(4)32(50)20-34(51)62-33)64-44-38(53)36(47(9)10)40(27(6)61-44)63-35-21-46(8,55)43(54)28(7)59-35;1-5(2,3)4/h14-15,17-18,24-30,32-33,35-45,50,52-55H,13,16,19-22H2,1-12H3;(H3,1,2,3,4)/b15-14+,23-18+;/t24-,25+,26-,27-,28+,29+,30-,32-,33-,35+,36-,37-,38-,39-,40-,41-,42-,43+,44+,45-,46-;/m1./s1. The fraction of sp³-hybridized carbons (Fsp3) is 0.848. The number of carbonyl (C=O) groups is 3. The zero-order valence-electron chi connectivity index (χ0n) is 41.9. The van der Waals surface area contributed by atoms with Crippen molar-refractivity contribution in [3.05, 3.63) is 23.8 Å². The van der Waals surface area contributed by atoms with E-state index in [2.05, 4.69) is 0 Å². The second-order valence-corrected chi connectivity index (χ2v) is 20.3. The summed E-state index contributed by atoms with van der Waals surface area (Å²) < 4.78 is 63.6. The first-order valence-corrected chi connectivity index (χ1v) is 25.0. The fourth-order valence-electron chi connectivity index (χ4n) is 9.51. The molecule has 23 heteroatoms. The zero-order chi connectivity index (χ0) is 52.3. The van der Waals surface area contributed by atoms with Crippen LogP contribution in [-0.2, 0) is 61.6 Å². The maximum absolute atomic E-state index is 13.8. The number of ether oxygens (including phenoxy) is 9. The van der Waals surface area contributed by atoms with Crippen LogP contribution in [-0.4, -0.2) is 202 Å². The average molecular weight is 1010 g/mol. The summed E-state index contributed by atoms with van der Waals surface area (Å²) in [7, 11) is 1.79. The van der Waals surface area contributed by atoms with Gasteiger partial charge in [0.05, 0.1) is 55.2 Å². The van der Waals surface area contributed by atoms with Gasteiger partial charge in [0.1, 0.15) is 49.0 Å². The van der Waals surface area contributed by atoms with Crippen molar-refractivity contribution in [3.63, 3.8) is 0 Å². The van der Waals surface area contributed by atoms with E-state index in [-0.39, 0.29) is 31.7 Å². The van der Waals surface area contributed by atoms with Crippen LogP contribution in [0.3, 0.4) is 0 Å². The molecular weight excluding hydrogens is 933 g/mol. The summed E-state index contributed by atoms with van der Waals surface area (Å²) in [5.41, 5.74) is -0.806. The van der Waals surface area contributed by atoms with Gasteiger partial charge < -0.3 is 92.5 Å². The Kier molecular flexibility index (Phi) is 24.1. The number of aliphatic hydroxyl groups excluding tert-OH is 4. The molecule has 0 saturated carbocycles. The van der Waals surface area contributed by atoms with Gasteiger partial charge in [-0.25, -0.2) is 4.57 Å². The highest BCUT2D eigenvalue weighted by molar-refractivity contribution is 7.45. The van der Waals surface area contributed by atoms with E-state index in [0.29, 0.717) is 12.0 Å². The smallest absolute Gasteiger partial charge is 0.462 e. The molecule has 8 N–H and O–H groups in total. The fourth-order valence-corrected chi connectivity index (χ4v) is 9.51. The molecule has 4 aliphatic heterocycles. The number of aldehydes is 1. The predicted octanol–water partition coefficient (Wildman–Crippen LogP) is 0.905. The van der Waals surface area contributed by atoms with Crippen LogP contribution >= 0.6 is 7.82 Å². The minimum absolute atomic E-state index is 0.00788. The SMILES string of the molecule is CC[C@H]1OC(=O)C[C@@H](O)[C@H](C)[C@@H](O[C@@H]2O[C@H](C)[C@@H](O[C@H]3C[C@@](C)(O)[C@@H](O)[C@H](C)O3)[C@H](N(C)C)[C@H]2O)[C@@H](CC=O)C[C@@H](C)C(=O)/C=C/C(C)=C/[C@@H]1CO[C@@H]1O[C@H](C)[C@@H](O)[C@@H](OC)[C@H]1OC.O=P(O)(O)O. The Balaban J connectivity index is 0.00000239. The number of likely N-dealkylation sites (N-methyl/N-ethyl adjacent to an activating group) is 1. The van der Waals surface area contributed by atoms with Crippen molar-refractivity contribution >= 4 is 25.9 Å². The lowest BCUT2D eigenvalue weighted by Crippen LogP contribution is -2.65. The quantitative estimate of drug-likeness (QED) is 0.0722. The number of esters is 1. The maximum Gasteiger partial charge on any atom is 0.466 e. The molecule has 0 unspecified atom stereocenters. The van der Waals surface area contributed by atoms with Crippen molar-refractivity contribution in [2.45, 2.75) is 191 Å². The lowest BCUT2D eigenvalue weighted by Gasteiger charge is -2.50. The number of hydrogen-bond acceptors (Lipinski definition) is 19. The number of ketones is 1. The summed E-state index contributed by atoms with van der Waals surface area (Å²) in [5, 5.41) is 55.8. The van der Waals surface area contributed by atoms with Gasteiger partial charge in [-0.2, -0.15) is 0 Å². The van der Waals surface area contributed by atoms with Crippen LogP contribution in [0.4, 0.5) is 0 Å². The zero-order valence-corrected chi connectivity index (χ0v) is 42.8. The Morgan fingerprint density at radius 2 is 1.46 bits per heavy atom. The van der Waals surface area contributed by atoms with Crippen LogP contribution in [0, 0.1) is 23.7 Å². The third kappa shape index (κ3) is 17.5. The Bertz CT molecular complexity index is 1720. The normalized spacial score (nSPS) is 43.5. The van der Waals surface area contributed by atoms with Gasteiger partial charge in [-0.15, -0.1) is 0 Å². The Morgan fingerprint density at radius 3 is 2.01 bits per heavy atom. The molecule has 0 radical (unpaired) electrons. The van der Waals surface area contributed by atoms with Crippen molar-refractivity contribution in [2.75, 3.05) is 34.9 Å². The number of phosphoric acid groups is 1. The molecule has 4 rings (SSSR count). The largest absolute Gasteiger partial charge is 0.466 e. The number of methoxy groups -OCH3 is 2. The van der Waals surface area contributed by atoms with Gasteiger partial charge in [-0.1, -0.05) is 38.5 Å². The maximum atomic E-state index is 13.8. The molecule has 4 aliphatic rings. The molecule has 0 spiro atoms. The van der Waals surface area contributed by atoms with Gasteiger partial charge in [0, 0.05) is 44.8 Å². The van der Waals surface area contributed by atoms with E-state index in [1.54, 1.807) is 59.7 Å². The molecule has 0 aromatic heterocycles. The van der Waals surface area contributed by atoms with Gasteiger partial charge in [-0.05, 0) is 73.5 Å². The van der Waals surface area contributed by atoms with Crippen LogP contribution in [0.1, 0.15) is 87.5 Å². The molecule has 21 atom stereocenters. The number of hydrogen-bond donors (Lipinski definition) is 8. The van der Waals surface area contributed by atoms with E-state index in [1.807, 2.05) is 19.9 Å². The molecule has 0 aliphatic carbocycles. The van der Waals surface area contributed by atoms with Crippen molar-refractivity contribution in [2.24, 2.45) is 23.7 Å². The molecule has 0 aromatic rings. The minimum atomic E-state index is -4.64. The number of nitrogens with zero attached hydrogens (tertiary/aromatic N) is 1. The van der Waals surface area contributed by atoms with Crippen molar-refractivity contribution < 1.29 is 102 Å². The van der Waals surface area contributed by atoms with Crippen LogP contribution in [0.15, 0.2) is 23.8 Å². The molecule has 22 nitrogen and oxygen atoms in total. The van der Waals surface area contributed by atoms with E-state index < -0.39 is 148 Å². The highest BCUT2D eigenvalue weighted by atomic mass is 31.2. The summed E-state index contributed by atoms with van der Waals surface area (Å²) in [4.78, 5) is 63.1. The summed E-state index contributed by atoms with van der Waals surface area (Å²) >= 11 is 0. The Labute approximate surface area is 405 Å². The van der Waals surface area contributed by atoms with E-state index in [0.717, 1.165) is 6.29 Å². The lowest BCUT2D eigenvalue weighted by molar-refractivity contribution is -0.341. The summed E-state index contributed by atoms with van der Waals surface area (Å²) in [6, 6.07) is -0.748. The van der Waals surface area contributed by atoms with E-state index in [1.165, 1.54) is 27.2 Å².